The van der Waals surface area contributed by atoms with Crippen LogP contribution < -0.4 is 0 Å². The van der Waals surface area contributed by atoms with E-state index in [1.807, 2.05) is 0 Å². The molecule has 1 aliphatic rings. The summed E-state index contributed by atoms with van der Waals surface area (Å²) in [4.78, 5) is 4.70. The largest absolute Gasteiger partial charge is 0.291 e. The van der Waals surface area contributed by atoms with Gasteiger partial charge in [-0.05, 0) is 38.5 Å². The maximum Gasteiger partial charge on any atom is 0.0499 e. The van der Waals surface area contributed by atoms with Crippen LogP contribution in [0.25, 0.3) is 0 Å². The molecule has 3 atom stereocenters. The van der Waals surface area contributed by atoms with Gasteiger partial charge in [-0.2, -0.15) is 0 Å². The minimum Gasteiger partial charge on any atom is -0.291 e. The second-order valence-electron chi connectivity index (χ2n) is 4.02. The molecule has 0 radical (unpaired) electrons. The van der Waals surface area contributed by atoms with Gasteiger partial charge in [-0.25, -0.2) is 0 Å². The number of nitrogens with zero attached hydrogens (tertiary/aromatic N) is 1. The molecule has 0 aliphatic carbocycles. The summed E-state index contributed by atoms with van der Waals surface area (Å²) in [5.74, 6) is 1.60. The van der Waals surface area contributed by atoms with Crippen molar-refractivity contribution in [1.29, 1.82) is 0 Å². The molecule has 1 rings (SSSR count). The van der Waals surface area contributed by atoms with Gasteiger partial charge in [0.15, 0.2) is 0 Å². The molecule has 0 amide bonds. The predicted molar refractivity (Wildman–Crippen MR) is 54.8 cm³/mol. The molecule has 0 aromatic heterocycles. The van der Waals surface area contributed by atoms with Gasteiger partial charge in [0, 0.05) is 11.8 Å². The molecule has 0 N–H and O–H groups in total. The minimum absolute atomic E-state index is 0.567. The zero-order valence-electron chi connectivity index (χ0n) is 8.80. The average Bonchev–Trinajstić information content (AvgIpc) is 2.05. The Bertz CT molecular complexity index is 172. The molecular weight excluding hydrogens is 146 g/mol. The Balaban J connectivity index is 2.68. The van der Waals surface area contributed by atoms with Crippen LogP contribution >= 0.6 is 0 Å². The molecule has 0 fully saturated rings. The maximum atomic E-state index is 4.70. The van der Waals surface area contributed by atoms with Crippen molar-refractivity contribution in [3.05, 3.63) is 0 Å². The molecule has 1 nitrogen and oxygen atoms in total. The zero-order valence-corrected chi connectivity index (χ0v) is 8.80. The second kappa shape index (κ2) is 4.06. The van der Waals surface area contributed by atoms with Gasteiger partial charge in [0.25, 0.3) is 0 Å². The van der Waals surface area contributed by atoms with Gasteiger partial charge in [-0.15, -0.1) is 0 Å². The van der Waals surface area contributed by atoms with Crippen molar-refractivity contribution in [3.63, 3.8) is 0 Å². The Hall–Kier alpha value is -0.330. The number of rotatable bonds is 2. The van der Waals surface area contributed by atoms with Crippen LogP contribution in [0.5, 0.6) is 0 Å². The van der Waals surface area contributed by atoms with Crippen molar-refractivity contribution in [1.82, 2.24) is 0 Å². The molecule has 0 bridgehead atoms. The van der Waals surface area contributed by atoms with Crippen molar-refractivity contribution < 1.29 is 0 Å². The standard InChI is InChI=1S/C11H21N/c1-5-10-7-11(6-2)9(4)12-8(10)3/h8,10-11H,5-7H2,1-4H3/t8-,10?,11?/m0/s1. The van der Waals surface area contributed by atoms with E-state index in [0.29, 0.717) is 6.04 Å². The van der Waals surface area contributed by atoms with Crippen LogP contribution in [0.1, 0.15) is 47.0 Å². The van der Waals surface area contributed by atoms with E-state index in [9.17, 15) is 0 Å². The summed E-state index contributed by atoms with van der Waals surface area (Å²) in [5, 5.41) is 0. The first kappa shape index (κ1) is 9.76. The SMILES string of the molecule is CCC1CC(CC)[C@H](C)N=C1C. The predicted octanol–water partition coefficient (Wildman–Crippen LogP) is 3.29. The van der Waals surface area contributed by atoms with Crippen molar-refractivity contribution in [3.8, 4) is 0 Å². The fraction of sp³-hybridized carbons (Fsp3) is 0.909. The monoisotopic (exact) mass is 167 g/mol. The molecule has 0 aromatic carbocycles. The Morgan fingerprint density at radius 1 is 1.33 bits per heavy atom. The third kappa shape index (κ3) is 1.88. The first-order valence-electron chi connectivity index (χ1n) is 5.23. The van der Waals surface area contributed by atoms with E-state index in [1.54, 1.807) is 0 Å². The van der Waals surface area contributed by atoms with Crippen molar-refractivity contribution in [2.75, 3.05) is 0 Å². The number of hydrogen-bond donors (Lipinski definition) is 0. The molecule has 70 valence electrons. The van der Waals surface area contributed by atoms with Crippen molar-refractivity contribution in [2.24, 2.45) is 16.8 Å². The highest BCUT2D eigenvalue weighted by Gasteiger charge is 2.25. The topological polar surface area (TPSA) is 12.4 Å². The summed E-state index contributed by atoms with van der Waals surface area (Å²) in [6.07, 6.45) is 3.91. The van der Waals surface area contributed by atoms with Crippen LogP contribution in [0.15, 0.2) is 4.99 Å². The lowest BCUT2D eigenvalue weighted by molar-refractivity contribution is 0.339. The molecule has 1 heterocycles. The molecule has 0 saturated carbocycles. The van der Waals surface area contributed by atoms with Gasteiger partial charge in [0.05, 0.1) is 0 Å². The quantitative estimate of drug-likeness (QED) is 0.598. The van der Waals surface area contributed by atoms with Gasteiger partial charge >= 0.3 is 0 Å². The van der Waals surface area contributed by atoms with E-state index in [4.69, 9.17) is 4.99 Å². The molecule has 0 spiro atoms. The average molecular weight is 167 g/mol. The fourth-order valence-corrected chi connectivity index (χ4v) is 2.23. The first-order valence-corrected chi connectivity index (χ1v) is 5.23. The van der Waals surface area contributed by atoms with Gasteiger partial charge in [-0.3, -0.25) is 4.99 Å². The van der Waals surface area contributed by atoms with Crippen molar-refractivity contribution in [2.45, 2.75) is 53.0 Å². The highest BCUT2D eigenvalue weighted by molar-refractivity contribution is 5.85. The summed E-state index contributed by atoms with van der Waals surface area (Å²) in [5.41, 5.74) is 1.38. The van der Waals surface area contributed by atoms with E-state index in [0.717, 1.165) is 11.8 Å². The lowest BCUT2D eigenvalue weighted by Gasteiger charge is -2.30. The molecule has 0 saturated heterocycles. The molecule has 1 heteroatoms. The normalized spacial score (nSPS) is 36.3. The van der Waals surface area contributed by atoms with E-state index >= 15 is 0 Å². The highest BCUT2D eigenvalue weighted by Crippen LogP contribution is 2.29. The molecule has 12 heavy (non-hydrogen) atoms. The summed E-state index contributed by atoms with van der Waals surface area (Å²) in [6, 6.07) is 0.567. The smallest absolute Gasteiger partial charge is 0.0499 e. The summed E-state index contributed by atoms with van der Waals surface area (Å²) >= 11 is 0. The Morgan fingerprint density at radius 2 is 2.00 bits per heavy atom. The van der Waals surface area contributed by atoms with Crippen LogP contribution in [0.2, 0.25) is 0 Å². The molecule has 1 aliphatic heterocycles. The van der Waals surface area contributed by atoms with Crippen LogP contribution in [0.3, 0.4) is 0 Å². The lowest BCUT2D eigenvalue weighted by Crippen LogP contribution is -2.28. The fourth-order valence-electron chi connectivity index (χ4n) is 2.23. The number of hydrogen-bond acceptors (Lipinski definition) is 1. The minimum atomic E-state index is 0.567. The van der Waals surface area contributed by atoms with Crippen LogP contribution in [-0.4, -0.2) is 11.8 Å². The van der Waals surface area contributed by atoms with Crippen LogP contribution in [0.4, 0.5) is 0 Å². The second-order valence-corrected chi connectivity index (χ2v) is 4.02. The molecular formula is C11H21N. The van der Waals surface area contributed by atoms with Gasteiger partial charge in [0.1, 0.15) is 0 Å². The highest BCUT2D eigenvalue weighted by atomic mass is 14.8. The Kier molecular flexibility index (Phi) is 3.30. The van der Waals surface area contributed by atoms with E-state index in [-0.39, 0.29) is 0 Å². The van der Waals surface area contributed by atoms with E-state index in [2.05, 4.69) is 27.7 Å². The van der Waals surface area contributed by atoms with Crippen LogP contribution in [0, 0.1) is 11.8 Å². The maximum absolute atomic E-state index is 4.70. The molecule has 2 unspecified atom stereocenters. The lowest BCUT2D eigenvalue weighted by atomic mass is 9.81. The summed E-state index contributed by atoms with van der Waals surface area (Å²) in [6.45, 7) is 9.00. The van der Waals surface area contributed by atoms with Gasteiger partial charge in [0.2, 0.25) is 0 Å². The van der Waals surface area contributed by atoms with Crippen LogP contribution in [-0.2, 0) is 0 Å². The van der Waals surface area contributed by atoms with E-state index < -0.39 is 0 Å². The first-order chi connectivity index (χ1) is 5.69. The Labute approximate surface area is 76.3 Å². The summed E-state index contributed by atoms with van der Waals surface area (Å²) in [7, 11) is 0. The third-order valence-electron chi connectivity index (χ3n) is 3.28. The van der Waals surface area contributed by atoms with Crippen molar-refractivity contribution >= 4 is 5.71 Å². The van der Waals surface area contributed by atoms with E-state index in [1.165, 1.54) is 25.0 Å². The van der Waals surface area contributed by atoms with Gasteiger partial charge in [-0.1, -0.05) is 20.3 Å². The molecule has 0 aromatic rings. The zero-order chi connectivity index (χ0) is 9.14. The third-order valence-corrected chi connectivity index (χ3v) is 3.28. The van der Waals surface area contributed by atoms with Gasteiger partial charge < -0.3 is 0 Å². The Morgan fingerprint density at radius 3 is 2.50 bits per heavy atom. The number of aliphatic imine (C=N–C) groups is 1. The summed E-state index contributed by atoms with van der Waals surface area (Å²) < 4.78 is 0.